The minimum absolute atomic E-state index is 0.0291. The van der Waals surface area contributed by atoms with E-state index in [1.165, 1.54) is 99.7 Å². The van der Waals surface area contributed by atoms with E-state index in [4.69, 9.17) is 34.6 Å². The van der Waals surface area contributed by atoms with Crippen molar-refractivity contribution in [3.8, 4) is 24.3 Å². The molecule has 10 heterocycles. The maximum absolute atomic E-state index is 13.1. The number of benzene rings is 6. The van der Waals surface area contributed by atoms with Gasteiger partial charge in [-0.15, -0.1) is 0 Å². The molecule has 4 aromatic heterocycles. The Bertz CT molecular complexity index is 6010. The standard InChI is InChI=1S/C31H31FN6O3.2C21H20N4O3.C13H15N3O.C11H15FN2.C8H7NO3.2CH3F/c32-26-8-3-23(4-9-26)21-36-15-17-38(18-16-36)31(41)25-7-10-28(34-20-25)29(39)35-27-11-13-37(14-12-27)30(40)24-5-1-22(19-33)2-6-24;2*1-14(26)17-6-7-19(23-13-17)20(27)24-18-8-10-25(11-9-18)21(28)16-4-2-15(12-22)3-5-16;14-9-10-1-3-11(4-2-10)13(17)16-7-5-12(15)6-8-16;12-11-3-1-10(2-4-11)9-14-7-5-13-6-8-14;1-5(10)6-2-3-7(8(11)12)9-4-6;2*1-2/h1-10,20,27H,11-18,21H2,(H,35,39);2*2-7,13,18H,8-11H2,1H3,(H,24,27);1-4,12H,5-8,15H2;1-4,13H,5-9H2;2-4H,1H3,(H,11,12);2*1H3/i;;;;;;2*1D. The SMILES string of the molecule is CC(=O)c1ccc(C(=O)NC2CCN(C(=O)c3ccc(C#N)cc3)CC2)nc1.CC(=O)c1ccc(C(=O)NC2CCN(C(=O)c3ccc(C#N)cc3)CC2)nc1.CC(=O)c1ccc(C(=O)O)nc1.Fc1ccc(CN2CCNCC2)cc1.N#Cc1ccc(C(=O)N2CCC(N)CC2)cc1.N#Cc1ccc(C(=O)N2CCC(NC(=O)c3ccc(C(=O)N4CCN(Cc5ccc(F)cc5)CC4)cn3)CC2)cc1.[2H]CF.[2H]CF. The summed E-state index contributed by atoms with van der Waals surface area (Å²) >= 11 is 0. The van der Waals surface area contributed by atoms with Gasteiger partial charge in [0, 0.05) is 206 Å². The van der Waals surface area contributed by atoms with Crippen molar-refractivity contribution in [3.63, 3.8) is 0 Å². The zero-order valence-corrected chi connectivity index (χ0v) is 80.0. The number of carbonyl (C=O) groups is 12. The molecule has 6 aromatic carbocycles. The van der Waals surface area contributed by atoms with Crippen LogP contribution in [0.15, 0.2) is 219 Å². The highest BCUT2D eigenvalue weighted by Gasteiger charge is 2.31. The van der Waals surface area contributed by atoms with Gasteiger partial charge in [0.15, 0.2) is 17.3 Å². The van der Waals surface area contributed by atoms with Gasteiger partial charge in [-0.1, -0.05) is 24.3 Å². The van der Waals surface area contributed by atoms with E-state index in [-0.39, 0.29) is 123 Å². The number of ketones is 3. The number of nitrogens with two attached hydrogens (primary N) is 1. The number of piperidine rings is 4. The van der Waals surface area contributed by atoms with E-state index in [2.05, 4.69) is 51.0 Å². The molecule has 7 N–H and O–H groups in total. The number of nitriles is 4. The van der Waals surface area contributed by atoms with E-state index in [9.17, 15) is 75.1 Å². The number of amides is 8. The summed E-state index contributed by atoms with van der Waals surface area (Å²) in [5, 5.41) is 55.9. The maximum atomic E-state index is 13.1. The lowest BCUT2D eigenvalue weighted by Gasteiger charge is -2.34. The molecular weight excluding hydrogens is 1850 g/mol. The highest BCUT2D eigenvalue weighted by molar-refractivity contribution is 6.00. The van der Waals surface area contributed by atoms with Crippen LogP contribution in [0.3, 0.4) is 0 Å². The predicted molar refractivity (Wildman–Crippen MR) is 527 cm³/mol. The predicted octanol–water partition coefficient (Wildman–Crippen LogP) is 12.0. The molecule has 37 heteroatoms. The number of carbonyl (C=O) groups excluding carboxylic acids is 11. The number of hydrogen-bond acceptors (Lipinski definition) is 24. The zero-order chi connectivity index (χ0) is 106. The number of halogens is 4. The minimum atomic E-state index is -1.09. The molecule has 0 saturated carbocycles. The summed E-state index contributed by atoms with van der Waals surface area (Å²) in [5.74, 6) is -3.03. The first-order valence-corrected chi connectivity index (χ1v) is 46.4. The summed E-state index contributed by atoms with van der Waals surface area (Å²) in [6, 6.07) is 60.1. The van der Waals surface area contributed by atoms with Gasteiger partial charge in [-0.05, 0) is 253 Å². The molecule has 0 unspecified atom stereocenters. The Kier molecular flexibility index (Phi) is 43.1. The van der Waals surface area contributed by atoms with Gasteiger partial charge in [-0.2, -0.15) is 21.0 Å². The number of alkyl halides is 2. The first-order chi connectivity index (χ1) is 70.3. The molecule has 6 fully saturated rings. The lowest BCUT2D eigenvalue weighted by atomic mass is 10.0. The number of nitrogens with one attached hydrogen (secondary N) is 4. The Balaban J connectivity index is 0.000000201. The molecule has 33 nitrogen and oxygen atoms in total. The summed E-state index contributed by atoms with van der Waals surface area (Å²) in [5.41, 5.74) is 14.9. The third-order valence-electron chi connectivity index (χ3n) is 24.2. The number of aromatic nitrogens is 4. The van der Waals surface area contributed by atoms with Crippen LogP contribution in [0.4, 0.5) is 17.6 Å². The normalized spacial score (nSPS) is 14.9. The van der Waals surface area contributed by atoms with Crippen LogP contribution >= 0.6 is 0 Å². The van der Waals surface area contributed by atoms with Crippen LogP contribution in [0, 0.1) is 57.0 Å². The number of carboxylic acids is 1. The Labute approximate surface area is 835 Å². The fourth-order valence-electron chi connectivity index (χ4n) is 15.8. The molecule has 0 atom stereocenters. The Morgan fingerprint density at radius 3 is 0.833 bits per heavy atom. The smallest absolute Gasteiger partial charge is 0.354 e. The molecule has 0 spiro atoms. The van der Waals surface area contributed by atoms with Crippen LogP contribution in [0.25, 0.3) is 0 Å². The molecular formula is C107H114F4N20O13. The highest BCUT2D eigenvalue weighted by atomic mass is 19.1. The van der Waals surface area contributed by atoms with Crippen molar-refractivity contribution in [2.45, 2.75) is 109 Å². The summed E-state index contributed by atoms with van der Waals surface area (Å²) in [6.07, 6.45) is 11.1. The van der Waals surface area contributed by atoms with Gasteiger partial charge in [0.05, 0.1) is 69.1 Å². The second kappa shape index (κ2) is 57.4. The van der Waals surface area contributed by atoms with Gasteiger partial charge >= 0.3 is 5.97 Å². The molecule has 8 amide bonds. The van der Waals surface area contributed by atoms with Crippen molar-refractivity contribution in [1.82, 2.24) is 75.5 Å². The molecule has 0 radical (unpaired) electrons. The highest BCUT2D eigenvalue weighted by Crippen LogP contribution is 2.23. The van der Waals surface area contributed by atoms with E-state index >= 15 is 0 Å². The van der Waals surface area contributed by atoms with Crippen molar-refractivity contribution < 1.29 is 82.9 Å². The maximum Gasteiger partial charge on any atom is 0.354 e. The van der Waals surface area contributed by atoms with Crippen LogP contribution in [0.5, 0.6) is 0 Å². The molecule has 10 aromatic rings. The number of nitrogens with zero attached hydrogens (tertiary/aromatic N) is 15. The van der Waals surface area contributed by atoms with E-state index in [0.717, 1.165) is 77.3 Å². The molecule has 0 aliphatic carbocycles. The largest absolute Gasteiger partial charge is 0.477 e. The average Bonchev–Trinajstić information content (AvgIpc) is 0.828. The number of hydrogen-bond donors (Lipinski definition) is 6. The Morgan fingerprint density at radius 1 is 0.347 bits per heavy atom. The molecule has 16 rings (SSSR count). The monoisotopic (exact) mass is 1960 g/mol. The average molecular weight is 1970 g/mol. The van der Waals surface area contributed by atoms with Crippen LogP contribution in [-0.4, -0.2) is 273 Å². The van der Waals surface area contributed by atoms with Gasteiger partial charge in [-0.25, -0.2) is 18.6 Å². The molecule has 6 saturated heterocycles. The first-order valence-electron chi connectivity index (χ1n) is 47.9. The third kappa shape index (κ3) is 34.6. The summed E-state index contributed by atoms with van der Waals surface area (Å²) in [7, 11) is -2.00. The quantitative estimate of drug-likeness (QED) is 0.0323. The van der Waals surface area contributed by atoms with Gasteiger partial charge < -0.3 is 56.6 Å². The summed E-state index contributed by atoms with van der Waals surface area (Å²) in [6.45, 7) is 17.4. The molecule has 0 bridgehead atoms. The summed E-state index contributed by atoms with van der Waals surface area (Å²) in [4.78, 5) is 173. The first kappa shape index (κ1) is 108. The van der Waals surface area contributed by atoms with Gasteiger partial charge in [0.2, 0.25) is 0 Å². The summed E-state index contributed by atoms with van der Waals surface area (Å²) < 4.78 is 56.8. The molecule has 6 aliphatic heterocycles. The van der Waals surface area contributed by atoms with Gasteiger partial charge in [0.1, 0.15) is 34.4 Å². The molecule has 144 heavy (non-hydrogen) atoms. The van der Waals surface area contributed by atoms with Crippen molar-refractivity contribution in [3.05, 3.63) is 331 Å². The lowest BCUT2D eigenvalue weighted by molar-refractivity contribution is 0.0624. The van der Waals surface area contributed by atoms with E-state index in [1.807, 2.05) is 41.3 Å². The number of rotatable bonds is 19. The number of piperazine rings is 2. The fraction of sp³-hybridized carbons (Fsp3) is 0.327. The van der Waals surface area contributed by atoms with Crippen LogP contribution in [0.1, 0.15) is 233 Å². The van der Waals surface area contributed by atoms with Crippen LogP contribution < -0.4 is 27.0 Å². The van der Waals surface area contributed by atoms with E-state index < -0.39 is 20.3 Å². The molecule has 748 valence electrons. The second-order valence-electron chi connectivity index (χ2n) is 34.1. The topological polar surface area (TPSA) is 469 Å². The van der Waals surface area contributed by atoms with Crippen molar-refractivity contribution in [1.29, 1.82) is 21.0 Å². The Hall–Kier alpha value is -16.3. The van der Waals surface area contributed by atoms with E-state index in [1.54, 1.807) is 153 Å². The molecule has 6 aliphatic rings. The van der Waals surface area contributed by atoms with Crippen molar-refractivity contribution in [2.75, 3.05) is 119 Å². The lowest BCUT2D eigenvalue weighted by Crippen LogP contribution is -2.48. The minimum Gasteiger partial charge on any atom is -0.477 e. The number of aromatic carboxylic acids is 1. The zero-order valence-electron chi connectivity index (χ0n) is 82.0. The van der Waals surface area contributed by atoms with Crippen LogP contribution in [-0.2, 0) is 13.1 Å². The number of likely N-dealkylation sites (tertiary alicyclic amines) is 4. The van der Waals surface area contributed by atoms with Gasteiger partial charge in [0.25, 0.3) is 47.3 Å². The Morgan fingerprint density at radius 2 is 0.583 bits per heavy atom. The fourth-order valence-corrected chi connectivity index (χ4v) is 15.8. The second-order valence-corrected chi connectivity index (χ2v) is 34.1. The van der Waals surface area contributed by atoms with Gasteiger partial charge in [-0.3, -0.25) is 86.3 Å². The third-order valence-corrected chi connectivity index (χ3v) is 24.2. The number of Topliss-reactive ketones (excluding diaryl/α,β-unsaturated/α-hetero) is 3. The van der Waals surface area contributed by atoms with E-state index in [0.29, 0.717) is 164 Å². The van der Waals surface area contributed by atoms with Crippen molar-refractivity contribution >= 4 is 70.6 Å². The van der Waals surface area contributed by atoms with Crippen LogP contribution in [0.2, 0.25) is 0 Å². The number of carboxylic acid groups (broad SMARTS) is 1. The number of pyridine rings is 4. The van der Waals surface area contributed by atoms with Crippen molar-refractivity contribution in [2.24, 2.45) is 5.73 Å².